The fraction of sp³-hybridized carbons (Fsp3) is 0.750. The van der Waals surface area contributed by atoms with E-state index in [2.05, 4.69) is 20.4 Å². The van der Waals surface area contributed by atoms with Crippen molar-refractivity contribution in [3.8, 4) is 0 Å². The summed E-state index contributed by atoms with van der Waals surface area (Å²) in [4.78, 5) is 0. The van der Waals surface area contributed by atoms with Crippen molar-refractivity contribution in [2.75, 3.05) is 0 Å². The topological polar surface area (TPSA) is 9.23 Å². The Balaban J connectivity index is 3.80. The van der Waals surface area contributed by atoms with Crippen molar-refractivity contribution < 1.29 is 4.43 Å². The van der Waals surface area contributed by atoms with Gasteiger partial charge < -0.3 is 4.43 Å². The van der Waals surface area contributed by atoms with E-state index in [1.165, 1.54) is 12.1 Å². The number of allylic oxidation sites excluding steroid dienone is 1. The van der Waals surface area contributed by atoms with Crippen LogP contribution in [0.5, 0.6) is 0 Å². The van der Waals surface area contributed by atoms with Gasteiger partial charge in [-0.05, 0) is 25.6 Å². The Kier molecular flexibility index (Phi) is 4.44. The molecule has 0 aromatic heterocycles. The lowest BCUT2D eigenvalue weighted by molar-refractivity contribution is 0.464. The number of hydrogen-bond acceptors (Lipinski definition) is 1. The summed E-state index contributed by atoms with van der Waals surface area (Å²) in [6, 6.07) is 2.40. The zero-order valence-electron chi connectivity index (χ0n) is 7.48. The normalized spacial score (nSPS) is 12.4. The molecule has 0 aromatic rings. The minimum Gasteiger partial charge on any atom is -0.550 e. The molecule has 0 saturated heterocycles. The summed E-state index contributed by atoms with van der Waals surface area (Å²) in [7, 11) is -1.31. The highest BCUT2D eigenvalue weighted by molar-refractivity contribution is 6.72. The quantitative estimate of drug-likeness (QED) is 0.451. The molecule has 0 heterocycles. The molecule has 10 heavy (non-hydrogen) atoms. The predicted molar refractivity (Wildman–Crippen MR) is 48.5 cm³/mol. The summed E-state index contributed by atoms with van der Waals surface area (Å²) in [6.45, 7) is 8.67. The third-order valence-corrected chi connectivity index (χ3v) is 5.68. The molecule has 0 fully saturated rings. The maximum Gasteiger partial charge on any atom is 0.246 e. The fourth-order valence-electron chi connectivity index (χ4n) is 0.649. The summed E-state index contributed by atoms with van der Waals surface area (Å²) >= 11 is 0. The molecule has 0 aliphatic carbocycles. The SMILES string of the molecule is C/C=C/O[Si](C)(CC)CC. The first-order valence-corrected chi connectivity index (χ1v) is 6.79. The Bertz CT molecular complexity index is 106. The van der Waals surface area contributed by atoms with Crippen molar-refractivity contribution in [2.45, 2.75) is 39.4 Å². The summed E-state index contributed by atoms with van der Waals surface area (Å²) in [5.41, 5.74) is 0. The van der Waals surface area contributed by atoms with Crippen molar-refractivity contribution in [3.63, 3.8) is 0 Å². The van der Waals surface area contributed by atoms with E-state index >= 15 is 0 Å². The molecule has 0 amide bonds. The van der Waals surface area contributed by atoms with Crippen LogP contribution in [0.2, 0.25) is 18.6 Å². The molecule has 0 atom stereocenters. The summed E-state index contributed by atoms with van der Waals surface area (Å²) < 4.78 is 5.64. The van der Waals surface area contributed by atoms with E-state index in [4.69, 9.17) is 4.43 Å². The van der Waals surface area contributed by atoms with Crippen LogP contribution in [0, 0.1) is 0 Å². The molecule has 0 spiro atoms. The van der Waals surface area contributed by atoms with Crippen LogP contribution in [0.4, 0.5) is 0 Å². The van der Waals surface area contributed by atoms with Crippen LogP contribution in [0.3, 0.4) is 0 Å². The first-order chi connectivity index (χ1) is 4.68. The van der Waals surface area contributed by atoms with E-state index in [0.717, 1.165) is 0 Å². The molecule has 0 radical (unpaired) electrons. The molecule has 0 aromatic carbocycles. The van der Waals surface area contributed by atoms with E-state index in [1.807, 2.05) is 19.3 Å². The highest BCUT2D eigenvalue weighted by Crippen LogP contribution is 2.15. The fourth-order valence-corrected chi connectivity index (χ4v) is 1.95. The zero-order chi connectivity index (χ0) is 8.04. The molecule has 0 saturated carbocycles. The molecule has 60 valence electrons. The van der Waals surface area contributed by atoms with Crippen LogP contribution in [0.1, 0.15) is 20.8 Å². The largest absolute Gasteiger partial charge is 0.550 e. The second-order valence-electron chi connectivity index (χ2n) is 2.74. The molecular weight excluding hydrogens is 140 g/mol. The lowest BCUT2D eigenvalue weighted by Crippen LogP contribution is -2.29. The van der Waals surface area contributed by atoms with E-state index in [0.29, 0.717) is 0 Å². The molecule has 0 aliphatic rings. The Labute approximate surface area is 65.2 Å². The van der Waals surface area contributed by atoms with E-state index in [1.54, 1.807) is 0 Å². The Morgan fingerprint density at radius 1 is 1.30 bits per heavy atom. The predicted octanol–water partition coefficient (Wildman–Crippen LogP) is 3.15. The number of rotatable bonds is 4. The highest BCUT2D eigenvalue weighted by atomic mass is 28.4. The Hall–Kier alpha value is -0.243. The van der Waals surface area contributed by atoms with Gasteiger partial charge in [-0.25, -0.2) is 0 Å². The lowest BCUT2D eigenvalue weighted by Gasteiger charge is -2.22. The monoisotopic (exact) mass is 158 g/mol. The second kappa shape index (κ2) is 4.55. The van der Waals surface area contributed by atoms with Gasteiger partial charge in [0.25, 0.3) is 0 Å². The van der Waals surface area contributed by atoms with Crippen molar-refractivity contribution in [2.24, 2.45) is 0 Å². The molecule has 1 nitrogen and oxygen atoms in total. The van der Waals surface area contributed by atoms with Crippen LogP contribution in [-0.4, -0.2) is 8.32 Å². The van der Waals surface area contributed by atoms with Gasteiger partial charge in [-0.1, -0.05) is 19.9 Å². The van der Waals surface area contributed by atoms with Crippen LogP contribution >= 0.6 is 0 Å². The van der Waals surface area contributed by atoms with Gasteiger partial charge in [0.05, 0.1) is 6.26 Å². The molecule has 0 bridgehead atoms. The van der Waals surface area contributed by atoms with Crippen molar-refractivity contribution in [1.29, 1.82) is 0 Å². The van der Waals surface area contributed by atoms with Crippen LogP contribution < -0.4 is 0 Å². The van der Waals surface area contributed by atoms with Crippen molar-refractivity contribution in [3.05, 3.63) is 12.3 Å². The maximum absolute atomic E-state index is 5.64. The minimum atomic E-state index is -1.31. The molecule has 0 aliphatic heterocycles. The highest BCUT2D eigenvalue weighted by Gasteiger charge is 2.23. The smallest absolute Gasteiger partial charge is 0.246 e. The van der Waals surface area contributed by atoms with Gasteiger partial charge in [0, 0.05) is 0 Å². The van der Waals surface area contributed by atoms with Gasteiger partial charge >= 0.3 is 0 Å². The van der Waals surface area contributed by atoms with Gasteiger partial charge in [-0.3, -0.25) is 0 Å². The molecule has 0 N–H and O–H groups in total. The van der Waals surface area contributed by atoms with Crippen LogP contribution in [0.15, 0.2) is 12.3 Å². The average molecular weight is 158 g/mol. The summed E-state index contributed by atoms with van der Waals surface area (Å²) in [5, 5.41) is 0. The van der Waals surface area contributed by atoms with Gasteiger partial charge in [0.1, 0.15) is 0 Å². The average Bonchev–Trinajstić information content (AvgIpc) is 2.00. The van der Waals surface area contributed by atoms with Crippen molar-refractivity contribution >= 4 is 8.32 Å². The maximum atomic E-state index is 5.64. The Morgan fingerprint density at radius 2 is 1.80 bits per heavy atom. The molecular formula is C8H18OSi. The summed E-state index contributed by atoms with van der Waals surface area (Å²) in [5.74, 6) is 0. The van der Waals surface area contributed by atoms with Gasteiger partial charge in [0.15, 0.2) is 0 Å². The number of hydrogen-bond donors (Lipinski definition) is 0. The third-order valence-electron chi connectivity index (χ3n) is 1.98. The lowest BCUT2D eigenvalue weighted by atomic mass is 10.8. The van der Waals surface area contributed by atoms with Crippen molar-refractivity contribution in [1.82, 2.24) is 0 Å². The van der Waals surface area contributed by atoms with Gasteiger partial charge in [0.2, 0.25) is 8.32 Å². The van der Waals surface area contributed by atoms with Crippen LogP contribution in [-0.2, 0) is 4.43 Å². The first kappa shape index (κ1) is 9.76. The molecule has 0 rings (SSSR count). The Morgan fingerprint density at radius 3 is 2.10 bits per heavy atom. The van der Waals surface area contributed by atoms with E-state index in [-0.39, 0.29) is 0 Å². The first-order valence-electron chi connectivity index (χ1n) is 3.97. The van der Waals surface area contributed by atoms with Crippen LogP contribution in [0.25, 0.3) is 0 Å². The minimum absolute atomic E-state index is 1.20. The third kappa shape index (κ3) is 3.06. The molecule has 0 unspecified atom stereocenters. The second-order valence-corrected chi connectivity index (χ2v) is 7.29. The van der Waals surface area contributed by atoms with E-state index in [9.17, 15) is 0 Å². The van der Waals surface area contributed by atoms with Gasteiger partial charge in [-0.15, -0.1) is 0 Å². The van der Waals surface area contributed by atoms with E-state index < -0.39 is 8.32 Å². The standard InChI is InChI=1S/C8H18OSi/c1-5-8-9-10(4,6-2)7-3/h5,8H,6-7H2,1-4H3/b8-5+. The summed E-state index contributed by atoms with van der Waals surface area (Å²) in [6.07, 6.45) is 3.79. The molecule has 2 heteroatoms. The van der Waals surface area contributed by atoms with Gasteiger partial charge in [-0.2, -0.15) is 0 Å². The zero-order valence-corrected chi connectivity index (χ0v) is 8.48.